The number of hydrogen-bond acceptors (Lipinski definition) is 4. The number of hydrogen-bond donors (Lipinski definition) is 1. The Hall–Kier alpha value is -11.5. The monoisotopic (exact) mass is 1540 g/mol. The maximum Gasteiger partial charge on any atom is 0.163 e. The van der Waals surface area contributed by atoms with E-state index in [1.165, 1.54) is 27.8 Å². The Labute approximate surface area is 629 Å². The molecule has 105 heavy (non-hydrogen) atoms. The van der Waals surface area contributed by atoms with Crippen molar-refractivity contribution in [2.75, 3.05) is 0 Å². The second kappa shape index (κ2) is 26.6. The number of fused-ring (bicyclic) bond motifs is 7. The standard InChI is InChI=1S/C99H80N3O2.Pt/c1-59-25-20-33-68(48-59)77-35-23-36-78(71-49-60(2)47-61(3)50-71)92(77)83-57-74(58-88-93(83)81-34-18-19-40-87(81)104-88)89-82(44-46-85-95(89)101-97(102(85)96-62(4)26-21-27-63(96)5)84-45-43-67-42-41-66-32-22-39-86(103)90(66)94(67)100-84)91-79(72-51-69(64-28-14-12-15-29-64)53-75(55-72)98(6,7)8)37-24-38-80(91)73-52-70(65-30-16-13-17-31-65)54-76(56-73)99(9,10)11;/h12-56,58,103H,1-11H3;/q-1;. The molecule has 0 radical (unpaired) electrons. The zero-order valence-corrected chi connectivity index (χ0v) is 63.3. The number of aromatic hydroxyl groups is 1. The van der Waals surface area contributed by atoms with Crippen LogP contribution in [0.15, 0.2) is 283 Å². The topological polar surface area (TPSA) is 64.1 Å². The molecule has 0 amide bonds. The first kappa shape index (κ1) is 68.0. The second-order valence-corrected chi connectivity index (χ2v) is 30.5. The summed E-state index contributed by atoms with van der Waals surface area (Å²) in [5.41, 5.74) is 32.2. The van der Waals surface area contributed by atoms with Crippen LogP contribution in [0, 0.1) is 40.7 Å². The smallest absolute Gasteiger partial charge is 0.163 e. The number of imidazole rings is 1. The summed E-state index contributed by atoms with van der Waals surface area (Å²) in [5, 5.41) is 16.2. The molecule has 5 nitrogen and oxygen atoms in total. The Morgan fingerprint density at radius 2 is 0.895 bits per heavy atom. The molecular formula is C99H80N3O2Pt-. The summed E-state index contributed by atoms with van der Waals surface area (Å²) in [7, 11) is 0. The summed E-state index contributed by atoms with van der Waals surface area (Å²) >= 11 is 0. The fourth-order valence-corrected chi connectivity index (χ4v) is 16.0. The zero-order valence-electron chi connectivity index (χ0n) is 61.1. The first-order chi connectivity index (χ1) is 50.3. The molecule has 0 saturated heterocycles. The van der Waals surface area contributed by atoms with Crippen LogP contribution in [0.2, 0.25) is 0 Å². The zero-order chi connectivity index (χ0) is 71.4. The molecule has 0 atom stereocenters. The molecule has 1 N–H and O–H groups in total. The number of aryl methyl sites for hydroxylation is 5. The van der Waals surface area contributed by atoms with E-state index in [9.17, 15) is 5.11 Å². The van der Waals surface area contributed by atoms with Gasteiger partial charge in [0.05, 0.1) is 27.8 Å². The summed E-state index contributed by atoms with van der Waals surface area (Å²) in [6.07, 6.45) is 0. The summed E-state index contributed by atoms with van der Waals surface area (Å²) < 4.78 is 9.71. The van der Waals surface area contributed by atoms with Gasteiger partial charge in [-0.25, -0.2) is 9.97 Å². The number of nitrogens with zero attached hydrogens (tertiary/aromatic N) is 3. The van der Waals surface area contributed by atoms with Gasteiger partial charge in [-0.1, -0.05) is 306 Å². The third-order valence-electron chi connectivity index (χ3n) is 21.0. The average molecular weight is 1540 g/mol. The van der Waals surface area contributed by atoms with Crippen LogP contribution in [0.25, 0.3) is 172 Å². The van der Waals surface area contributed by atoms with Crippen LogP contribution in [-0.4, -0.2) is 19.6 Å². The largest absolute Gasteiger partial charge is 0.507 e. The molecule has 6 heteroatoms. The van der Waals surface area contributed by atoms with Crippen LogP contribution in [0.3, 0.4) is 0 Å². The molecule has 3 aromatic heterocycles. The molecule has 0 aliphatic carbocycles. The number of aromatic nitrogens is 3. The molecule has 17 rings (SSSR count). The Morgan fingerprint density at radius 1 is 0.371 bits per heavy atom. The van der Waals surface area contributed by atoms with Gasteiger partial charge in [0, 0.05) is 31.8 Å². The molecule has 0 bridgehead atoms. The minimum Gasteiger partial charge on any atom is -0.507 e. The number of pyridine rings is 1. The van der Waals surface area contributed by atoms with Crippen LogP contribution in [0.5, 0.6) is 5.75 Å². The van der Waals surface area contributed by atoms with Gasteiger partial charge < -0.3 is 9.52 Å². The maximum absolute atomic E-state index is 11.8. The number of benzene rings is 14. The van der Waals surface area contributed by atoms with E-state index in [-0.39, 0.29) is 37.6 Å². The number of phenols is 1. The minimum atomic E-state index is -0.218. The number of para-hydroxylation sites is 2. The van der Waals surface area contributed by atoms with Gasteiger partial charge in [0.2, 0.25) is 0 Å². The van der Waals surface area contributed by atoms with Crippen molar-refractivity contribution in [1.82, 2.24) is 14.5 Å². The second-order valence-electron chi connectivity index (χ2n) is 30.5. The Bertz CT molecular complexity index is 6160. The van der Waals surface area contributed by atoms with E-state index in [4.69, 9.17) is 14.4 Å². The molecule has 0 aliphatic rings. The van der Waals surface area contributed by atoms with Crippen LogP contribution in [0.1, 0.15) is 80.5 Å². The van der Waals surface area contributed by atoms with Gasteiger partial charge in [0.25, 0.3) is 0 Å². The Kier molecular flexibility index (Phi) is 17.2. The van der Waals surface area contributed by atoms with E-state index in [0.29, 0.717) is 22.4 Å². The number of furan rings is 1. The van der Waals surface area contributed by atoms with Gasteiger partial charge >= 0.3 is 0 Å². The van der Waals surface area contributed by atoms with Crippen LogP contribution in [-0.2, 0) is 31.9 Å². The van der Waals surface area contributed by atoms with E-state index >= 15 is 0 Å². The first-order valence-corrected chi connectivity index (χ1v) is 36.1. The Morgan fingerprint density at radius 3 is 1.52 bits per heavy atom. The molecule has 514 valence electrons. The average Bonchev–Trinajstić information content (AvgIpc) is 1.66. The molecule has 0 spiro atoms. The quantitative estimate of drug-likeness (QED) is 0.104. The third kappa shape index (κ3) is 12.3. The fraction of sp³-hybridized carbons (Fsp3) is 0.131. The molecule has 0 aliphatic heterocycles. The number of rotatable bonds is 11. The van der Waals surface area contributed by atoms with Crippen LogP contribution >= 0.6 is 0 Å². The Balaban J connectivity index is 0.00000847. The van der Waals surface area contributed by atoms with Gasteiger partial charge in [-0.05, 0) is 204 Å². The van der Waals surface area contributed by atoms with E-state index in [2.05, 4.69) is 348 Å². The summed E-state index contributed by atoms with van der Waals surface area (Å²) in [6, 6.07) is 106. The van der Waals surface area contributed by atoms with Gasteiger partial charge in [0.15, 0.2) is 5.82 Å². The van der Waals surface area contributed by atoms with Crippen LogP contribution < -0.4 is 0 Å². The van der Waals surface area contributed by atoms with Crippen molar-refractivity contribution in [3.05, 3.63) is 324 Å². The van der Waals surface area contributed by atoms with Gasteiger partial charge in [-0.3, -0.25) is 4.57 Å². The predicted molar refractivity (Wildman–Crippen MR) is 437 cm³/mol. The van der Waals surface area contributed by atoms with Gasteiger partial charge in [-0.15, -0.1) is 17.2 Å². The molecule has 17 aromatic rings. The van der Waals surface area contributed by atoms with Crippen molar-refractivity contribution in [2.24, 2.45) is 0 Å². The SMILES string of the molecule is Cc1cccc(-c2cccc(-c3cc(C)cc(C)c3)c2-c2[c-]c(-c3c(-c4c(-c5cc(-c6ccccc6)cc(C(C)(C)C)c5)cccc4-c4cc(-c5ccccc5)cc(C(C)(C)C)c4)ccc4c3nc(-c3ccc5ccc6cccc(O)c6c5n3)n4-c3c(C)cccc3C)cc3oc4ccccc4c23)c1.[Pt]. The molecule has 0 saturated carbocycles. The van der Waals surface area contributed by atoms with Crippen molar-refractivity contribution in [2.45, 2.75) is 87.0 Å². The van der Waals surface area contributed by atoms with E-state index in [0.717, 1.165) is 161 Å². The van der Waals surface area contributed by atoms with Crippen molar-refractivity contribution in [1.29, 1.82) is 0 Å². The van der Waals surface area contributed by atoms with E-state index < -0.39 is 0 Å². The summed E-state index contributed by atoms with van der Waals surface area (Å²) in [4.78, 5) is 11.8. The molecule has 14 aromatic carbocycles. The molecule has 3 heterocycles. The maximum atomic E-state index is 11.8. The normalized spacial score (nSPS) is 11.9. The van der Waals surface area contributed by atoms with Crippen molar-refractivity contribution in [3.8, 4) is 123 Å². The molecular weight excluding hydrogens is 1460 g/mol. The van der Waals surface area contributed by atoms with Crippen LogP contribution in [0.4, 0.5) is 0 Å². The predicted octanol–water partition coefficient (Wildman–Crippen LogP) is 26.9. The van der Waals surface area contributed by atoms with Gasteiger partial charge in [0.1, 0.15) is 17.0 Å². The molecule has 0 unspecified atom stereocenters. The van der Waals surface area contributed by atoms with E-state index in [1.54, 1.807) is 6.07 Å². The summed E-state index contributed by atoms with van der Waals surface area (Å²) in [6.45, 7) is 24.8. The van der Waals surface area contributed by atoms with E-state index in [1.807, 2.05) is 12.1 Å². The molecule has 0 fully saturated rings. The van der Waals surface area contributed by atoms with Crippen molar-refractivity contribution in [3.63, 3.8) is 0 Å². The number of phenolic OH excluding ortho intramolecular Hbond substituents is 1. The van der Waals surface area contributed by atoms with Gasteiger partial charge in [-0.2, -0.15) is 0 Å². The fourth-order valence-electron chi connectivity index (χ4n) is 16.0. The first-order valence-electron chi connectivity index (χ1n) is 36.1. The minimum absolute atomic E-state index is 0. The van der Waals surface area contributed by atoms with Crippen molar-refractivity contribution >= 4 is 54.6 Å². The third-order valence-corrected chi connectivity index (χ3v) is 21.0. The van der Waals surface area contributed by atoms with Crippen molar-refractivity contribution < 1.29 is 30.6 Å². The summed E-state index contributed by atoms with van der Waals surface area (Å²) in [5.74, 6) is 0.827.